The SMILES string of the molecule is COCCOCC(=O)NC(C)c1ccccc1Cl. The summed E-state index contributed by atoms with van der Waals surface area (Å²) in [5.41, 5.74) is 0.893. The fourth-order valence-corrected chi connectivity index (χ4v) is 1.79. The molecule has 0 radical (unpaired) electrons. The molecular weight excluding hydrogens is 254 g/mol. The lowest BCUT2D eigenvalue weighted by atomic mass is 10.1. The van der Waals surface area contributed by atoms with Gasteiger partial charge in [0, 0.05) is 12.1 Å². The number of benzene rings is 1. The van der Waals surface area contributed by atoms with Gasteiger partial charge in [0.2, 0.25) is 5.91 Å². The van der Waals surface area contributed by atoms with E-state index in [2.05, 4.69) is 5.32 Å². The maximum atomic E-state index is 11.6. The molecule has 0 fully saturated rings. The number of carbonyl (C=O) groups is 1. The van der Waals surface area contributed by atoms with Crippen LogP contribution in [0.25, 0.3) is 0 Å². The van der Waals surface area contributed by atoms with Gasteiger partial charge in [-0.3, -0.25) is 4.79 Å². The van der Waals surface area contributed by atoms with Gasteiger partial charge in [-0.25, -0.2) is 0 Å². The molecule has 0 spiro atoms. The first kappa shape index (κ1) is 15.0. The summed E-state index contributed by atoms with van der Waals surface area (Å²) in [4.78, 5) is 11.6. The largest absolute Gasteiger partial charge is 0.382 e. The molecule has 1 aromatic carbocycles. The topological polar surface area (TPSA) is 47.6 Å². The predicted octanol–water partition coefficient (Wildman–Crippen LogP) is 2.18. The molecule has 0 saturated carbocycles. The van der Waals surface area contributed by atoms with Crippen molar-refractivity contribution in [1.29, 1.82) is 0 Å². The molecule has 4 nitrogen and oxygen atoms in total. The quantitative estimate of drug-likeness (QED) is 0.774. The smallest absolute Gasteiger partial charge is 0.246 e. The Morgan fingerprint density at radius 3 is 2.78 bits per heavy atom. The summed E-state index contributed by atoms with van der Waals surface area (Å²) in [6.07, 6.45) is 0. The molecule has 0 aliphatic carbocycles. The highest BCUT2D eigenvalue weighted by Crippen LogP contribution is 2.21. The third-order valence-electron chi connectivity index (χ3n) is 2.41. The monoisotopic (exact) mass is 271 g/mol. The molecule has 5 heteroatoms. The molecule has 18 heavy (non-hydrogen) atoms. The zero-order chi connectivity index (χ0) is 13.4. The summed E-state index contributed by atoms with van der Waals surface area (Å²) in [5, 5.41) is 3.47. The van der Waals surface area contributed by atoms with Gasteiger partial charge in [-0.05, 0) is 18.6 Å². The van der Waals surface area contributed by atoms with E-state index in [0.717, 1.165) is 5.56 Å². The minimum absolute atomic E-state index is 0.0259. The van der Waals surface area contributed by atoms with Crippen molar-refractivity contribution >= 4 is 17.5 Å². The summed E-state index contributed by atoms with van der Waals surface area (Å²) in [6.45, 7) is 2.80. The maximum absolute atomic E-state index is 11.6. The lowest BCUT2D eigenvalue weighted by Crippen LogP contribution is -2.30. The second kappa shape index (κ2) is 8.08. The van der Waals surface area contributed by atoms with E-state index in [9.17, 15) is 4.79 Å². The zero-order valence-corrected chi connectivity index (χ0v) is 11.4. The van der Waals surface area contributed by atoms with E-state index in [4.69, 9.17) is 21.1 Å². The minimum atomic E-state index is -0.168. The van der Waals surface area contributed by atoms with E-state index in [1.807, 2.05) is 25.1 Å². The Labute approximate surface area is 112 Å². The standard InChI is InChI=1S/C13H18ClNO3/c1-10(11-5-3-4-6-12(11)14)15-13(16)9-18-8-7-17-2/h3-6,10H,7-9H2,1-2H3,(H,15,16). The van der Waals surface area contributed by atoms with Gasteiger partial charge in [-0.2, -0.15) is 0 Å². The van der Waals surface area contributed by atoms with E-state index in [-0.39, 0.29) is 18.6 Å². The third-order valence-corrected chi connectivity index (χ3v) is 2.76. The molecule has 1 aromatic rings. The van der Waals surface area contributed by atoms with Crippen LogP contribution in [0.3, 0.4) is 0 Å². The average molecular weight is 272 g/mol. The molecule has 0 bridgehead atoms. The Balaban J connectivity index is 2.38. The van der Waals surface area contributed by atoms with E-state index in [0.29, 0.717) is 18.2 Å². The molecule has 1 amide bonds. The van der Waals surface area contributed by atoms with Gasteiger partial charge < -0.3 is 14.8 Å². The second-order valence-corrected chi connectivity index (χ2v) is 4.26. The summed E-state index contributed by atoms with van der Waals surface area (Å²) in [6, 6.07) is 7.29. The normalized spacial score (nSPS) is 12.2. The Morgan fingerprint density at radius 2 is 2.11 bits per heavy atom. The number of halogens is 1. The Morgan fingerprint density at radius 1 is 1.39 bits per heavy atom. The van der Waals surface area contributed by atoms with Crippen LogP contribution >= 0.6 is 11.6 Å². The molecule has 0 aromatic heterocycles. The molecule has 0 aliphatic rings. The maximum Gasteiger partial charge on any atom is 0.246 e. The van der Waals surface area contributed by atoms with Gasteiger partial charge in [-0.15, -0.1) is 0 Å². The molecular formula is C13H18ClNO3. The average Bonchev–Trinajstić information content (AvgIpc) is 2.35. The Kier molecular flexibility index (Phi) is 6.72. The third kappa shape index (κ3) is 5.04. The van der Waals surface area contributed by atoms with E-state index in [1.165, 1.54) is 0 Å². The fraction of sp³-hybridized carbons (Fsp3) is 0.462. The van der Waals surface area contributed by atoms with Gasteiger partial charge >= 0.3 is 0 Å². The number of carbonyl (C=O) groups excluding carboxylic acids is 1. The van der Waals surface area contributed by atoms with Crippen LogP contribution in [0.4, 0.5) is 0 Å². The number of methoxy groups -OCH3 is 1. The lowest BCUT2D eigenvalue weighted by molar-refractivity contribution is -0.126. The van der Waals surface area contributed by atoms with E-state index in [1.54, 1.807) is 13.2 Å². The highest BCUT2D eigenvalue weighted by atomic mass is 35.5. The number of hydrogen-bond acceptors (Lipinski definition) is 3. The van der Waals surface area contributed by atoms with E-state index < -0.39 is 0 Å². The van der Waals surface area contributed by atoms with Crippen LogP contribution in [0.5, 0.6) is 0 Å². The number of ether oxygens (including phenoxy) is 2. The van der Waals surface area contributed by atoms with Crippen molar-refractivity contribution in [3.05, 3.63) is 34.9 Å². The van der Waals surface area contributed by atoms with Gasteiger partial charge in [0.25, 0.3) is 0 Å². The Hall–Kier alpha value is -1.10. The van der Waals surface area contributed by atoms with Crippen LogP contribution < -0.4 is 5.32 Å². The zero-order valence-electron chi connectivity index (χ0n) is 10.6. The highest BCUT2D eigenvalue weighted by Gasteiger charge is 2.11. The predicted molar refractivity (Wildman–Crippen MR) is 70.7 cm³/mol. The number of rotatable bonds is 7. The van der Waals surface area contributed by atoms with Crippen LogP contribution in [-0.2, 0) is 14.3 Å². The molecule has 1 unspecified atom stereocenters. The molecule has 100 valence electrons. The van der Waals surface area contributed by atoms with Gasteiger partial charge in [0.05, 0.1) is 19.3 Å². The van der Waals surface area contributed by atoms with Crippen molar-refractivity contribution in [1.82, 2.24) is 5.32 Å². The lowest BCUT2D eigenvalue weighted by Gasteiger charge is -2.15. The fourth-order valence-electron chi connectivity index (χ4n) is 1.49. The van der Waals surface area contributed by atoms with Gasteiger partial charge in [-0.1, -0.05) is 29.8 Å². The second-order valence-electron chi connectivity index (χ2n) is 3.86. The number of amides is 1. The van der Waals surface area contributed by atoms with Gasteiger partial charge in [0.15, 0.2) is 0 Å². The number of nitrogens with one attached hydrogen (secondary N) is 1. The van der Waals surface area contributed by atoms with Gasteiger partial charge in [0.1, 0.15) is 6.61 Å². The first-order valence-electron chi connectivity index (χ1n) is 5.75. The van der Waals surface area contributed by atoms with Crippen molar-refractivity contribution < 1.29 is 14.3 Å². The van der Waals surface area contributed by atoms with Crippen molar-refractivity contribution in [3.63, 3.8) is 0 Å². The molecule has 1 rings (SSSR count). The van der Waals surface area contributed by atoms with Crippen molar-refractivity contribution in [3.8, 4) is 0 Å². The minimum Gasteiger partial charge on any atom is -0.382 e. The van der Waals surface area contributed by atoms with Crippen LogP contribution in [0.15, 0.2) is 24.3 Å². The molecule has 0 aliphatic heterocycles. The highest BCUT2D eigenvalue weighted by molar-refractivity contribution is 6.31. The molecule has 1 N–H and O–H groups in total. The summed E-state index contributed by atoms with van der Waals surface area (Å²) in [7, 11) is 1.59. The van der Waals surface area contributed by atoms with Crippen molar-refractivity contribution in [2.24, 2.45) is 0 Å². The molecule has 0 heterocycles. The van der Waals surface area contributed by atoms with Crippen molar-refractivity contribution in [2.75, 3.05) is 26.9 Å². The van der Waals surface area contributed by atoms with Crippen LogP contribution in [0.1, 0.15) is 18.5 Å². The van der Waals surface area contributed by atoms with Crippen LogP contribution in [0, 0.1) is 0 Å². The summed E-state index contributed by atoms with van der Waals surface area (Å²) >= 11 is 6.05. The Bertz CT molecular complexity index is 384. The summed E-state index contributed by atoms with van der Waals surface area (Å²) in [5.74, 6) is -0.168. The van der Waals surface area contributed by atoms with Crippen molar-refractivity contribution in [2.45, 2.75) is 13.0 Å². The summed E-state index contributed by atoms with van der Waals surface area (Å²) < 4.78 is 9.95. The van der Waals surface area contributed by atoms with Crippen LogP contribution in [-0.4, -0.2) is 32.8 Å². The first-order chi connectivity index (χ1) is 8.65. The molecule has 1 atom stereocenters. The first-order valence-corrected chi connectivity index (χ1v) is 6.13. The van der Waals surface area contributed by atoms with Crippen LogP contribution in [0.2, 0.25) is 5.02 Å². The number of hydrogen-bond donors (Lipinski definition) is 1. The molecule has 0 saturated heterocycles. The van der Waals surface area contributed by atoms with E-state index >= 15 is 0 Å².